The van der Waals surface area contributed by atoms with Gasteiger partial charge in [-0.25, -0.2) is 0 Å². The van der Waals surface area contributed by atoms with Gasteiger partial charge in [-0.15, -0.1) is 0 Å². The van der Waals surface area contributed by atoms with Crippen LogP contribution in [0, 0.1) is 0 Å². The van der Waals surface area contributed by atoms with Crippen LogP contribution in [0.1, 0.15) is 22.8 Å². The summed E-state index contributed by atoms with van der Waals surface area (Å²) in [5, 5.41) is 0. The number of carbonyl (C=O) groups is 1. The van der Waals surface area contributed by atoms with Crippen LogP contribution in [0.2, 0.25) is 0 Å². The quantitative estimate of drug-likeness (QED) is 0.580. The van der Waals surface area contributed by atoms with Gasteiger partial charge in [0.05, 0.1) is 0 Å². The van der Waals surface area contributed by atoms with Crippen LogP contribution in [0.3, 0.4) is 0 Å². The summed E-state index contributed by atoms with van der Waals surface area (Å²) in [5.74, 6) is -0.0838. The molecule has 1 aromatic carbocycles. The van der Waals surface area contributed by atoms with E-state index in [9.17, 15) is 13.6 Å². The molecule has 0 amide bonds. The molecule has 0 radical (unpaired) electrons. The third-order valence-corrected chi connectivity index (χ3v) is 2.31. The Hall–Kier alpha value is -1.24. The predicted molar refractivity (Wildman–Crippen MR) is 56.9 cm³/mol. The summed E-state index contributed by atoms with van der Waals surface area (Å²) in [6.45, 7) is 1.61. The summed E-state index contributed by atoms with van der Waals surface area (Å²) in [7, 11) is 0. The van der Waals surface area contributed by atoms with Gasteiger partial charge in [-0.05, 0) is 30.7 Å². The van der Waals surface area contributed by atoms with Crippen LogP contribution in [0.15, 0.2) is 18.2 Å². The number of ketones is 1. The summed E-state index contributed by atoms with van der Waals surface area (Å²) in [6.07, 6.45) is 0. The zero-order chi connectivity index (χ0) is 11.4. The summed E-state index contributed by atoms with van der Waals surface area (Å²) in [4.78, 5) is 11.1. The Morgan fingerprint density at radius 1 is 1.60 bits per heavy atom. The van der Waals surface area contributed by atoms with Crippen molar-refractivity contribution in [2.24, 2.45) is 5.73 Å². The molecule has 1 aromatic rings. The first-order chi connectivity index (χ1) is 7.04. The molecule has 0 aliphatic rings. The number of Topliss-reactive ketones (excluding diaryl/α,β-unsaturated/α-hetero) is 1. The maximum atomic E-state index is 11.1. The number of carbonyl (C=O) groups excluding carboxylic acids is 1. The largest absolute Gasteiger partial charge is 0.755 e. The van der Waals surface area contributed by atoms with Gasteiger partial charge in [-0.3, -0.25) is 9.00 Å². The van der Waals surface area contributed by atoms with E-state index in [0.717, 1.165) is 0 Å². The summed E-state index contributed by atoms with van der Waals surface area (Å²) >= 11 is -2.39. The first-order valence-corrected chi connectivity index (χ1v) is 5.32. The average Bonchev–Trinajstić information content (AvgIpc) is 2.17. The van der Waals surface area contributed by atoms with Crippen LogP contribution in [0.25, 0.3) is 0 Å². The van der Waals surface area contributed by atoms with Gasteiger partial charge in [0.1, 0.15) is 0 Å². The molecular weight excluding hydrogens is 216 g/mol. The Labute approximate surface area is 90.1 Å². The number of nitrogens with two attached hydrogens (primary N) is 1. The van der Waals surface area contributed by atoms with Gasteiger partial charge >= 0.3 is 0 Å². The van der Waals surface area contributed by atoms with Crippen LogP contribution in [0.4, 0.5) is 5.69 Å². The highest BCUT2D eigenvalue weighted by atomic mass is 32.2. The second-order valence-electron chi connectivity index (χ2n) is 2.97. The minimum absolute atomic E-state index is 0.0838. The van der Waals surface area contributed by atoms with Gasteiger partial charge in [0.25, 0.3) is 0 Å². The molecule has 0 saturated carbocycles. The van der Waals surface area contributed by atoms with Crippen LogP contribution >= 0.6 is 0 Å². The van der Waals surface area contributed by atoms with Crippen LogP contribution in [-0.4, -0.2) is 14.5 Å². The van der Waals surface area contributed by atoms with E-state index in [2.05, 4.69) is 4.72 Å². The maximum Gasteiger partial charge on any atom is 0.159 e. The zero-order valence-electron chi connectivity index (χ0n) is 8.15. The van der Waals surface area contributed by atoms with Crippen molar-refractivity contribution in [2.75, 3.05) is 4.72 Å². The molecular formula is C9H11N2O3S-. The molecule has 0 saturated heterocycles. The predicted octanol–water partition coefficient (Wildman–Crippen LogP) is 0.554. The molecule has 6 heteroatoms. The third kappa shape index (κ3) is 3.12. The van der Waals surface area contributed by atoms with E-state index in [4.69, 9.17) is 5.73 Å². The third-order valence-electron chi connectivity index (χ3n) is 1.92. The van der Waals surface area contributed by atoms with Crippen molar-refractivity contribution in [1.82, 2.24) is 0 Å². The molecule has 82 valence electrons. The SMILES string of the molecule is CC(=O)c1ccc(NS(=O)[O-])c(CN)c1. The molecule has 0 fully saturated rings. The van der Waals surface area contributed by atoms with E-state index >= 15 is 0 Å². The lowest BCUT2D eigenvalue weighted by Gasteiger charge is -2.13. The number of hydrogen-bond acceptors (Lipinski definition) is 4. The highest BCUT2D eigenvalue weighted by Crippen LogP contribution is 2.17. The number of anilines is 1. The topological polar surface area (TPSA) is 95.2 Å². The number of nitrogens with one attached hydrogen (secondary N) is 1. The molecule has 0 spiro atoms. The van der Waals surface area contributed by atoms with Gasteiger partial charge in [-0.1, -0.05) is 0 Å². The standard InChI is InChI=1S/C9H12N2O3S/c1-6(12)7-2-3-9(11-15(13)14)8(4-7)5-10/h2-4,11H,5,10H2,1H3,(H,13,14)/p-1. The summed E-state index contributed by atoms with van der Waals surface area (Å²) in [5.41, 5.74) is 6.94. The smallest absolute Gasteiger partial charge is 0.159 e. The minimum Gasteiger partial charge on any atom is -0.755 e. The fraction of sp³-hybridized carbons (Fsp3) is 0.222. The van der Waals surface area contributed by atoms with Crippen LogP contribution in [0.5, 0.6) is 0 Å². The Bertz CT molecular complexity index is 406. The van der Waals surface area contributed by atoms with E-state index < -0.39 is 11.3 Å². The Kier molecular flexibility index (Phi) is 3.96. The molecule has 5 nitrogen and oxygen atoms in total. The zero-order valence-corrected chi connectivity index (χ0v) is 8.97. The Morgan fingerprint density at radius 3 is 2.73 bits per heavy atom. The van der Waals surface area contributed by atoms with Gasteiger partial charge in [0.2, 0.25) is 0 Å². The molecule has 1 unspecified atom stereocenters. The molecule has 0 aromatic heterocycles. The van der Waals surface area contributed by atoms with E-state index in [-0.39, 0.29) is 12.3 Å². The highest BCUT2D eigenvalue weighted by Gasteiger charge is 2.05. The lowest BCUT2D eigenvalue weighted by Crippen LogP contribution is -2.08. The molecule has 0 bridgehead atoms. The summed E-state index contributed by atoms with van der Waals surface area (Å²) in [6, 6.07) is 4.66. The van der Waals surface area contributed by atoms with Gasteiger partial charge in [-0.2, -0.15) is 0 Å². The van der Waals surface area contributed by atoms with Crippen LogP contribution < -0.4 is 10.5 Å². The second kappa shape index (κ2) is 5.01. The van der Waals surface area contributed by atoms with Crippen molar-refractivity contribution in [3.05, 3.63) is 29.3 Å². The molecule has 0 aliphatic carbocycles. The monoisotopic (exact) mass is 227 g/mol. The van der Waals surface area contributed by atoms with Crippen molar-refractivity contribution in [1.29, 1.82) is 0 Å². The number of benzene rings is 1. The Morgan fingerprint density at radius 2 is 2.27 bits per heavy atom. The fourth-order valence-electron chi connectivity index (χ4n) is 1.17. The number of rotatable bonds is 4. The van der Waals surface area contributed by atoms with Crippen molar-refractivity contribution < 1.29 is 13.6 Å². The van der Waals surface area contributed by atoms with Crippen molar-refractivity contribution in [2.45, 2.75) is 13.5 Å². The first kappa shape index (κ1) is 11.8. The molecule has 0 heterocycles. The van der Waals surface area contributed by atoms with Gasteiger partial charge < -0.3 is 15.0 Å². The minimum atomic E-state index is -2.39. The normalized spacial score (nSPS) is 12.2. The Balaban J connectivity index is 3.08. The summed E-state index contributed by atoms with van der Waals surface area (Å²) < 4.78 is 23.1. The fourth-order valence-corrected chi connectivity index (χ4v) is 1.55. The molecule has 15 heavy (non-hydrogen) atoms. The van der Waals surface area contributed by atoms with Crippen LogP contribution in [-0.2, 0) is 17.8 Å². The van der Waals surface area contributed by atoms with E-state index in [1.54, 1.807) is 12.1 Å². The number of hydrogen-bond donors (Lipinski definition) is 2. The highest BCUT2D eigenvalue weighted by molar-refractivity contribution is 7.80. The first-order valence-electron chi connectivity index (χ1n) is 4.24. The van der Waals surface area contributed by atoms with E-state index in [1.165, 1.54) is 13.0 Å². The van der Waals surface area contributed by atoms with Gasteiger partial charge in [0.15, 0.2) is 5.78 Å². The molecule has 1 rings (SSSR count). The molecule has 0 aliphatic heterocycles. The lowest BCUT2D eigenvalue weighted by atomic mass is 10.1. The maximum absolute atomic E-state index is 11.1. The van der Waals surface area contributed by atoms with Crippen molar-refractivity contribution in [3.63, 3.8) is 0 Å². The van der Waals surface area contributed by atoms with Crippen molar-refractivity contribution >= 4 is 22.7 Å². The lowest BCUT2D eigenvalue weighted by molar-refractivity contribution is 0.101. The van der Waals surface area contributed by atoms with Crippen molar-refractivity contribution in [3.8, 4) is 0 Å². The van der Waals surface area contributed by atoms with E-state index in [0.29, 0.717) is 16.8 Å². The second-order valence-corrected chi connectivity index (χ2v) is 3.64. The van der Waals surface area contributed by atoms with Gasteiger partial charge in [0, 0.05) is 29.1 Å². The average molecular weight is 227 g/mol. The molecule has 1 atom stereocenters. The van der Waals surface area contributed by atoms with E-state index in [1.807, 2.05) is 0 Å². The molecule has 3 N–H and O–H groups in total.